The van der Waals surface area contributed by atoms with Crippen molar-refractivity contribution in [2.45, 2.75) is 4.90 Å². The molecule has 1 amide bonds. The predicted molar refractivity (Wildman–Crippen MR) is 141 cm³/mol. The Morgan fingerprint density at radius 2 is 1.32 bits per heavy atom. The SMILES string of the molecule is O=C(NNS(=O)(=O)c1ccccc1)c1ccc(Nc2nc(-c3ccccc3)n(-c3ccccc3)n2)cc1. The zero-order valence-corrected chi connectivity index (χ0v) is 20.3. The van der Waals surface area contributed by atoms with Crippen molar-refractivity contribution in [2.24, 2.45) is 0 Å². The Bertz CT molecular complexity index is 1550. The lowest BCUT2D eigenvalue weighted by Gasteiger charge is -2.09. The van der Waals surface area contributed by atoms with Gasteiger partial charge in [-0.15, -0.1) is 9.93 Å². The van der Waals surface area contributed by atoms with Crippen molar-refractivity contribution >= 4 is 27.6 Å². The molecule has 0 aliphatic heterocycles. The lowest BCUT2D eigenvalue weighted by molar-refractivity contribution is 0.0945. The Labute approximate surface area is 213 Å². The molecule has 1 aromatic heterocycles. The summed E-state index contributed by atoms with van der Waals surface area (Å²) in [5, 5.41) is 7.80. The number of carbonyl (C=O) groups excluding carboxylic acids is 1. The van der Waals surface area contributed by atoms with Gasteiger partial charge in [0.15, 0.2) is 5.82 Å². The number of hydrogen-bond donors (Lipinski definition) is 3. The number of anilines is 2. The molecule has 0 fully saturated rings. The van der Waals surface area contributed by atoms with Gasteiger partial charge in [0.2, 0.25) is 5.95 Å². The summed E-state index contributed by atoms with van der Waals surface area (Å²) in [5.41, 5.74) is 4.94. The van der Waals surface area contributed by atoms with Crippen LogP contribution in [0.25, 0.3) is 17.1 Å². The predicted octanol–water partition coefficient (Wildman–Crippen LogP) is 4.30. The van der Waals surface area contributed by atoms with Gasteiger partial charge in [-0.25, -0.2) is 13.1 Å². The number of aromatic nitrogens is 3. The van der Waals surface area contributed by atoms with E-state index >= 15 is 0 Å². The van der Waals surface area contributed by atoms with Crippen molar-refractivity contribution in [3.8, 4) is 17.1 Å². The Morgan fingerprint density at radius 3 is 1.97 bits per heavy atom. The highest BCUT2D eigenvalue weighted by Gasteiger charge is 2.16. The summed E-state index contributed by atoms with van der Waals surface area (Å²) in [6.07, 6.45) is 0. The Morgan fingerprint density at radius 1 is 0.730 bits per heavy atom. The number of hydrazine groups is 1. The molecular formula is C27H22N6O3S. The third kappa shape index (κ3) is 5.56. The standard InChI is InChI=1S/C27H22N6O3S/c34-26(30-32-37(35,36)24-14-8-3-9-15-24)21-16-18-22(19-17-21)28-27-29-25(20-10-4-1-5-11-20)33(31-27)23-12-6-2-7-13-23/h1-19,32H,(H,28,31)(H,30,34). The molecule has 5 aromatic rings. The Hall–Kier alpha value is -4.80. The van der Waals surface area contributed by atoms with E-state index < -0.39 is 15.9 Å². The minimum atomic E-state index is -3.87. The van der Waals surface area contributed by atoms with Crippen LogP contribution in [0.4, 0.5) is 11.6 Å². The molecule has 0 atom stereocenters. The lowest BCUT2D eigenvalue weighted by Crippen LogP contribution is -2.41. The highest BCUT2D eigenvalue weighted by molar-refractivity contribution is 7.89. The van der Waals surface area contributed by atoms with E-state index in [1.807, 2.05) is 60.7 Å². The molecule has 0 aliphatic rings. The highest BCUT2D eigenvalue weighted by Crippen LogP contribution is 2.24. The first-order valence-corrected chi connectivity index (χ1v) is 12.8. The largest absolute Gasteiger partial charge is 0.323 e. The molecule has 0 unspecified atom stereocenters. The van der Waals surface area contributed by atoms with Gasteiger partial charge in [0, 0.05) is 16.8 Å². The molecular weight excluding hydrogens is 488 g/mol. The van der Waals surface area contributed by atoms with E-state index in [4.69, 9.17) is 0 Å². The molecule has 4 aromatic carbocycles. The topological polar surface area (TPSA) is 118 Å². The first kappa shape index (κ1) is 23.9. The normalized spacial score (nSPS) is 11.1. The first-order valence-electron chi connectivity index (χ1n) is 11.3. The van der Waals surface area contributed by atoms with Crippen molar-refractivity contribution < 1.29 is 13.2 Å². The van der Waals surface area contributed by atoms with Gasteiger partial charge in [0.25, 0.3) is 15.9 Å². The van der Waals surface area contributed by atoms with Crippen molar-refractivity contribution in [3.63, 3.8) is 0 Å². The average molecular weight is 511 g/mol. The highest BCUT2D eigenvalue weighted by atomic mass is 32.2. The number of benzene rings is 4. The van der Waals surface area contributed by atoms with Crippen LogP contribution in [0.2, 0.25) is 0 Å². The quantitative estimate of drug-likeness (QED) is 0.268. The maximum absolute atomic E-state index is 12.5. The minimum Gasteiger partial charge on any atom is -0.323 e. The molecule has 3 N–H and O–H groups in total. The number of amides is 1. The summed E-state index contributed by atoms with van der Waals surface area (Å²) < 4.78 is 26.4. The van der Waals surface area contributed by atoms with E-state index in [1.54, 1.807) is 47.1 Å². The van der Waals surface area contributed by atoms with Crippen LogP contribution in [0, 0.1) is 0 Å². The fourth-order valence-corrected chi connectivity index (χ4v) is 4.43. The monoisotopic (exact) mass is 510 g/mol. The molecule has 0 saturated heterocycles. The van der Waals surface area contributed by atoms with Gasteiger partial charge in [-0.1, -0.05) is 66.7 Å². The van der Waals surface area contributed by atoms with Gasteiger partial charge >= 0.3 is 0 Å². The van der Waals surface area contributed by atoms with Crippen LogP contribution in [-0.2, 0) is 10.0 Å². The number of nitrogens with zero attached hydrogens (tertiary/aromatic N) is 3. The van der Waals surface area contributed by atoms with E-state index in [0.717, 1.165) is 11.3 Å². The van der Waals surface area contributed by atoms with Gasteiger partial charge < -0.3 is 5.32 Å². The Balaban J connectivity index is 1.31. The summed E-state index contributed by atoms with van der Waals surface area (Å²) >= 11 is 0. The number of sulfonamides is 1. The van der Waals surface area contributed by atoms with Gasteiger partial charge in [-0.2, -0.15) is 4.98 Å². The van der Waals surface area contributed by atoms with Gasteiger partial charge in [-0.05, 0) is 48.5 Å². The molecule has 184 valence electrons. The molecule has 9 nitrogen and oxygen atoms in total. The molecule has 5 rings (SSSR count). The number of carbonyl (C=O) groups is 1. The molecule has 0 radical (unpaired) electrons. The minimum absolute atomic E-state index is 0.0483. The second-order valence-electron chi connectivity index (χ2n) is 7.95. The molecule has 1 heterocycles. The van der Waals surface area contributed by atoms with Crippen LogP contribution < -0.4 is 15.6 Å². The van der Waals surface area contributed by atoms with E-state index in [-0.39, 0.29) is 10.5 Å². The van der Waals surface area contributed by atoms with Gasteiger partial charge in [-0.3, -0.25) is 10.2 Å². The smallest absolute Gasteiger partial charge is 0.266 e. The number of rotatable bonds is 8. The summed E-state index contributed by atoms with van der Waals surface area (Å²) in [5.74, 6) is 0.468. The van der Waals surface area contributed by atoms with E-state index in [2.05, 4.69) is 25.7 Å². The lowest BCUT2D eigenvalue weighted by atomic mass is 10.2. The molecule has 37 heavy (non-hydrogen) atoms. The van der Waals surface area contributed by atoms with Crippen LogP contribution in [-0.4, -0.2) is 29.1 Å². The van der Waals surface area contributed by atoms with Crippen molar-refractivity contribution in [1.82, 2.24) is 25.0 Å². The van der Waals surface area contributed by atoms with Crippen LogP contribution in [0.5, 0.6) is 0 Å². The van der Waals surface area contributed by atoms with Crippen molar-refractivity contribution in [2.75, 3.05) is 5.32 Å². The average Bonchev–Trinajstić information content (AvgIpc) is 3.37. The zero-order chi connectivity index (χ0) is 25.7. The zero-order valence-electron chi connectivity index (χ0n) is 19.4. The van der Waals surface area contributed by atoms with Gasteiger partial charge in [0.1, 0.15) is 0 Å². The number of para-hydroxylation sites is 1. The molecule has 0 bridgehead atoms. The summed E-state index contributed by atoms with van der Waals surface area (Å²) in [4.78, 5) is 19.3. The second kappa shape index (κ2) is 10.4. The summed E-state index contributed by atoms with van der Waals surface area (Å²) in [6, 6.07) is 33.7. The fourth-order valence-electron chi connectivity index (χ4n) is 3.57. The van der Waals surface area contributed by atoms with E-state index in [0.29, 0.717) is 17.5 Å². The molecule has 0 aliphatic carbocycles. The van der Waals surface area contributed by atoms with Crippen LogP contribution in [0.3, 0.4) is 0 Å². The van der Waals surface area contributed by atoms with E-state index in [1.165, 1.54) is 12.1 Å². The van der Waals surface area contributed by atoms with Crippen molar-refractivity contribution in [1.29, 1.82) is 0 Å². The molecule has 0 spiro atoms. The number of hydrogen-bond acceptors (Lipinski definition) is 6. The number of nitrogens with one attached hydrogen (secondary N) is 3. The first-order chi connectivity index (χ1) is 18.0. The molecule has 0 saturated carbocycles. The molecule has 10 heteroatoms. The third-order valence-corrected chi connectivity index (χ3v) is 6.66. The fraction of sp³-hybridized carbons (Fsp3) is 0. The van der Waals surface area contributed by atoms with Gasteiger partial charge in [0.05, 0.1) is 10.6 Å². The summed E-state index contributed by atoms with van der Waals surface area (Å²) in [6.45, 7) is 0. The second-order valence-corrected chi connectivity index (χ2v) is 9.63. The Kier molecular flexibility index (Phi) is 6.75. The maximum Gasteiger partial charge on any atom is 0.266 e. The summed E-state index contributed by atoms with van der Waals surface area (Å²) in [7, 11) is -3.87. The van der Waals surface area contributed by atoms with Crippen LogP contribution in [0.1, 0.15) is 10.4 Å². The maximum atomic E-state index is 12.5. The van der Waals surface area contributed by atoms with Crippen LogP contribution in [0.15, 0.2) is 120 Å². The van der Waals surface area contributed by atoms with Crippen LogP contribution >= 0.6 is 0 Å². The van der Waals surface area contributed by atoms with Crippen molar-refractivity contribution in [3.05, 3.63) is 121 Å². The van der Waals surface area contributed by atoms with E-state index in [9.17, 15) is 13.2 Å². The third-order valence-electron chi connectivity index (χ3n) is 5.40.